The van der Waals surface area contributed by atoms with E-state index in [0.717, 1.165) is 13.0 Å². The Bertz CT molecular complexity index is 611. The highest BCUT2D eigenvalue weighted by molar-refractivity contribution is 7.99. The van der Waals surface area contributed by atoms with E-state index >= 15 is 0 Å². The van der Waals surface area contributed by atoms with E-state index in [0.29, 0.717) is 6.42 Å². The molecule has 4 heteroatoms. The van der Waals surface area contributed by atoms with Crippen LogP contribution in [0.4, 0.5) is 11.4 Å². The van der Waals surface area contributed by atoms with E-state index in [1.54, 1.807) is 11.8 Å². The van der Waals surface area contributed by atoms with E-state index in [2.05, 4.69) is 48.5 Å². The number of para-hydroxylation sites is 2. The molecule has 3 nitrogen and oxygen atoms in total. The Labute approximate surface area is 128 Å². The van der Waals surface area contributed by atoms with Crippen LogP contribution in [0.15, 0.2) is 58.3 Å². The lowest BCUT2D eigenvalue weighted by molar-refractivity contribution is -0.764. The molecule has 0 unspecified atom stereocenters. The number of benzene rings is 2. The highest BCUT2D eigenvalue weighted by atomic mass is 32.2. The summed E-state index contributed by atoms with van der Waals surface area (Å²) in [5, 5.41) is 10.5. The number of hydrogen-bond acceptors (Lipinski definition) is 3. The summed E-state index contributed by atoms with van der Waals surface area (Å²) in [4.78, 5) is 14.4. The van der Waals surface area contributed by atoms with Crippen molar-refractivity contribution in [2.75, 3.05) is 6.54 Å². The Morgan fingerprint density at radius 3 is 2.10 bits per heavy atom. The smallest absolute Gasteiger partial charge is 0.150 e. The second kappa shape index (κ2) is 6.33. The quantitative estimate of drug-likeness (QED) is 0.858. The van der Waals surface area contributed by atoms with E-state index in [4.69, 9.17) is 0 Å². The van der Waals surface area contributed by atoms with Crippen molar-refractivity contribution in [1.82, 2.24) is 0 Å². The van der Waals surface area contributed by atoms with Gasteiger partial charge >= 0.3 is 0 Å². The minimum absolute atomic E-state index is 0.144. The molecule has 0 atom stereocenters. The SMILES string of the molecule is O=C([O-])CCCC[NH+]1c2ccccc2Sc2ccccc21. The zero-order valence-corrected chi connectivity index (χ0v) is 12.5. The molecule has 1 aliphatic rings. The Kier molecular flexibility index (Phi) is 4.27. The molecular formula is C17H17NO2S. The fourth-order valence-electron chi connectivity index (χ4n) is 2.71. The Morgan fingerprint density at radius 2 is 1.52 bits per heavy atom. The van der Waals surface area contributed by atoms with Gasteiger partial charge in [0.25, 0.3) is 0 Å². The lowest BCUT2D eigenvalue weighted by Crippen LogP contribution is -3.02. The van der Waals surface area contributed by atoms with E-state index < -0.39 is 5.97 Å². The number of fused-ring (bicyclic) bond motifs is 2. The van der Waals surface area contributed by atoms with Crippen LogP contribution in [-0.2, 0) is 4.79 Å². The van der Waals surface area contributed by atoms with E-state index in [1.165, 1.54) is 26.1 Å². The molecule has 0 aromatic heterocycles. The van der Waals surface area contributed by atoms with Crippen molar-refractivity contribution in [2.24, 2.45) is 0 Å². The van der Waals surface area contributed by atoms with E-state index in [1.807, 2.05) is 0 Å². The van der Waals surface area contributed by atoms with Gasteiger partial charge in [-0.1, -0.05) is 36.0 Å². The zero-order valence-electron chi connectivity index (χ0n) is 11.7. The van der Waals surface area contributed by atoms with Crippen molar-refractivity contribution < 1.29 is 14.8 Å². The van der Waals surface area contributed by atoms with Gasteiger partial charge in [-0.2, -0.15) is 0 Å². The first-order chi connectivity index (χ1) is 10.3. The number of aliphatic carboxylic acids is 1. The summed E-state index contributed by atoms with van der Waals surface area (Å²) in [5.74, 6) is -0.958. The first-order valence-corrected chi connectivity index (χ1v) is 7.99. The summed E-state index contributed by atoms with van der Waals surface area (Å²) in [6.45, 7) is 0.905. The standard InChI is InChI=1S/C17H17NO2S/c19-17(20)11-5-6-12-18-13-7-1-3-9-15(13)21-16-10-4-2-8-14(16)18/h1-4,7-10H,5-6,11-12H2,(H,19,20). The Morgan fingerprint density at radius 1 is 0.952 bits per heavy atom. The number of unbranched alkanes of at least 4 members (excludes halogenated alkanes) is 1. The van der Waals surface area contributed by atoms with Crippen LogP contribution in [0.3, 0.4) is 0 Å². The number of nitrogens with one attached hydrogen (secondary N) is 1. The van der Waals surface area contributed by atoms with Crippen molar-refractivity contribution in [2.45, 2.75) is 29.1 Å². The van der Waals surface area contributed by atoms with Crippen molar-refractivity contribution in [3.8, 4) is 0 Å². The van der Waals surface area contributed by atoms with Gasteiger partial charge in [-0.3, -0.25) is 4.90 Å². The number of hydrogen-bond donors (Lipinski definition) is 1. The van der Waals surface area contributed by atoms with Gasteiger partial charge in [0.1, 0.15) is 11.4 Å². The average Bonchev–Trinajstić information content (AvgIpc) is 2.50. The van der Waals surface area contributed by atoms with Crippen LogP contribution in [0, 0.1) is 0 Å². The second-order valence-electron chi connectivity index (χ2n) is 5.15. The molecule has 0 saturated heterocycles. The average molecular weight is 299 g/mol. The first kappa shape index (κ1) is 14.2. The van der Waals surface area contributed by atoms with Gasteiger partial charge in [-0.15, -0.1) is 0 Å². The number of carbonyl (C=O) groups is 1. The number of carboxylic acid groups (broad SMARTS) is 1. The lowest BCUT2D eigenvalue weighted by atomic mass is 10.1. The van der Waals surface area contributed by atoms with Gasteiger partial charge < -0.3 is 9.90 Å². The zero-order chi connectivity index (χ0) is 14.7. The number of carboxylic acids is 1. The molecule has 0 radical (unpaired) electrons. The number of carbonyl (C=O) groups excluding carboxylic acids is 1. The summed E-state index contributed by atoms with van der Waals surface area (Å²) < 4.78 is 0. The molecule has 1 aliphatic heterocycles. The Hall–Kier alpha value is -1.78. The van der Waals surface area contributed by atoms with Gasteiger partial charge in [-0.05, 0) is 31.4 Å². The van der Waals surface area contributed by atoms with Gasteiger partial charge in [0.15, 0.2) is 0 Å². The van der Waals surface area contributed by atoms with Crippen LogP contribution in [0.5, 0.6) is 0 Å². The molecule has 1 N–H and O–H groups in total. The summed E-state index contributed by atoms with van der Waals surface area (Å²) in [7, 11) is 0. The molecule has 0 fully saturated rings. The van der Waals surface area contributed by atoms with Crippen LogP contribution in [-0.4, -0.2) is 12.5 Å². The lowest BCUT2D eigenvalue weighted by Gasteiger charge is -2.26. The fourth-order valence-corrected chi connectivity index (χ4v) is 3.85. The molecule has 21 heavy (non-hydrogen) atoms. The molecule has 108 valence electrons. The van der Waals surface area contributed by atoms with Crippen LogP contribution in [0.1, 0.15) is 19.3 Å². The normalized spacial score (nSPS) is 13.5. The summed E-state index contributed by atoms with van der Waals surface area (Å²) in [6, 6.07) is 16.9. The Balaban J connectivity index is 1.83. The minimum atomic E-state index is -0.958. The van der Waals surface area contributed by atoms with Crippen molar-refractivity contribution in [1.29, 1.82) is 0 Å². The van der Waals surface area contributed by atoms with Gasteiger partial charge in [0.2, 0.25) is 0 Å². The molecule has 2 aromatic rings. The molecule has 2 aromatic carbocycles. The molecule has 1 heterocycles. The van der Waals surface area contributed by atoms with Crippen LogP contribution in [0.2, 0.25) is 0 Å². The maximum atomic E-state index is 10.5. The monoisotopic (exact) mass is 299 g/mol. The topological polar surface area (TPSA) is 44.6 Å². The second-order valence-corrected chi connectivity index (χ2v) is 6.24. The van der Waals surface area contributed by atoms with E-state index in [9.17, 15) is 9.90 Å². The van der Waals surface area contributed by atoms with Crippen LogP contribution < -0.4 is 10.0 Å². The summed E-state index contributed by atoms with van der Waals surface area (Å²) >= 11 is 1.81. The number of rotatable bonds is 5. The summed E-state index contributed by atoms with van der Waals surface area (Å²) in [6.07, 6.45) is 1.69. The minimum Gasteiger partial charge on any atom is -0.550 e. The van der Waals surface area contributed by atoms with Gasteiger partial charge in [-0.25, -0.2) is 0 Å². The van der Waals surface area contributed by atoms with Crippen LogP contribution >= 0.6 is 11.8 Å². The molecule has 0 amide bonds. The van der Waals surface area contributed by atoms with E-state index in [-0.39, 0.29) is 6.42 Å². The maximum absolute atomic E-state index is 10.5. The predicted octanol–water partition coefficient (Wildman–Crippen LogP) is 1.92. The van der Waals surface area contributed by atoms with Crippen molar-refractivity contribution in [3.63, 3.8) is 0 Å². The number of quaternary nitrogens is 1. The predicted molar refractivity (Wildman–Crippen MR) is 81.0 cm³/mol. The third kappa shape index (κ3) is 3.12. The highest BCUT2D eigenvalue weighted by Gasteiger charge is 2.27. The molecular weight excluding hydrogens is 282 g/mol. The molecule has 0 saturated carbocycles. The van der Waals surface area contributed by atoms with Crippen molar-refractivity contribution >= 4 is 29.1 Å². The highest BCUT2D eigenvalue weighted by Crippen LogP contribution is 2.39. The molecule has 0 spiro atoms. The van der Waals surface area contributed by atoms with Gasteiger partial charge in [0, 0.05) is 18.1 Å². The fraction of sp³-hybridized carbons (Fsp3) is 0.235. The maximum Gasteiger partial charge on any atom is 0.150 e. The largest absolute Gasteiger partial charge is 0.550 e. The van der Waals surface area contributed by atoms with Crippen molar-refractivity contribution in [3.05, 3.63) is 48.5 Å². The van der Waals surface area contributed by atoms with Crippen LogP contribution in [0.25, 0.3) is 0 Å². The molecule has 0 bridgehead atoms. The first-order valence-electron chi connectivity index (χ1n) is 7.18. The third-order valence-electron chi connectivity index (χ3n) is 3.70. The van der Waals surface area contributed by atoms with Gasteiger partial charge in [0.05, 0.1) is 16.3 Å². The molecule has 3 rings (SSSR count). The summed E-state index contributed by atoms with van der Waals surface area (Å²) in [5.41, 5.74) is 2.57. The third-order valence-corrected chi connectivity index (χ3v) is 4.85. The molecule has 0 aliphatic carbocycles.